The summed E-state index contributed by atoms with van der Waals surface area (Å²) < 4.78 is 16.2. The molecule has 0 spiro atoms. The SMILES string of the molecule is Cn1ccnc1C(NC(=O)Cc1csc(-c2ccsc2)n1)c1ccccc1F. The van der Waals surface area contributed by atoms with Crippen LogP contribution in [0.25, 0.3) is 10.6 Å². The number of hydrogen-bond donors (Lipinski definition) is 1. The van der Waals surface area contributed by atoms with Gasteiger partial charge in [-0.2, -0.15) is 11.3 Å². The molecule has 0 fully saturated rings. The van der Waals surface area contributed by atoms with E-state index in [9.17, 15) is 9.18 Å². The van der Waals surface area contributed by atoms with Gasteiger partial charge in [0.25, 0.3) is 0 Å². The standard InChI is InChI=1S/C20H17FN4OS2/c1-25-8-7-22-19(25)18(15-4-2-3-5-16(15)21)24-17(26)10-14-12-28-20(23-14)13-6-9-27-11-13/h2-9,11-12,18H,10H2,1H3,(H,24,26). The Morgan fingerprint density at radius 1 is 1.29 bits per heavy atom. The van der Waals surface area contributed by atoms with Crippen LogP contribution in [0.1, 0.15) is 23.1 Å². The topological polar surface area (TPSA) is 59.8 Å². The molecule has 8 heteroatoms. The van der Waals surface area contributed by atoms with Crippen molar-refractivity contribution in [3.63, 3.8) is 0 Å². The van der Waals surface area contributed by atoms with E-state index in [0.717, 1.165) is 10.6 Å². The summed E-state index contributed by atoms with van der Waals surface area (Å²) in [7, 11) is 1.82. The summed E-state index contributed by atoms with van der Waals surface area (Å²) in [6.45, 7) is 0. The molecule has 1 aromatic carbocycles. The Balaban J connectivity index is 1.55. The summed E-state index contributed by atoms with van der Waals surface area (Å²) >= 11 is 3.11. The van der Waals surface area contributed by atoms with Crippen LogP contribution in [0.5, 0.6) is 0 Å². The van der Waals surface area contributed by atoms with Gasteiger partial charge in [0.05, 0.1) is 12.1 Å². The molecule has 5 nitrogen and oxygen atoms in total. The van der Waals surface area contributed by atoms with Gasteiger partial charge in [-0.15, -0.1) is 11.3 Å². The quantitative estimate of drug-likeness (QED) is 0.517. The van der Waals surface area contributed by atoms with Gasteiger partial charge in [-0.05, 0) is 17.5 Å². The average Bonchev–Trinajstić information content (AvgIpc) is 3.42. The lowest BCUT2D eigenvalue weighted by molar-refractivity contribution is -0.121. The zero-order valence-electron chi connectivity index (χ0n) is 15.0. The number of thiazole rings is 1. The van der Waals surface area contributed by atoms with Gasteiger partial charge >= 0.3 is 0 Å². The molecule has 3 aromatic heterocycles. The first-order valence-electron chi connectivity index (χ1n) is 8.60. The third-order valence-electron chi connectivity index (χ3n) is 4.30. The zero-order valence-corrected chi connectivity index (χ0v) is 16.6. The van der Waals surface area contributed by atoms with Gasteiger partial charge in [0.1, 0.15) is 22.7 Å². The lowest BCUT2D eigenvalue weighted by atomic mass is 10.0. The first kappa shape index (κ1) is 18.5. The van der Waals surface area contributed by atoms with E-state index in [1.165, 1.54) is 17.4 Å². The number of amides is 1. The highest BCUT2D eigenvalue weighted by Gasteiger charge is 2.24. The highest BCUT2D eigenvalue weighted by molar-refractivity contribution is 7.14. The van der Waals surface area contributed by atoms with Crippen molar-refractivity contribution in [2.24, 2.45) is 7.05 Å². The van der Waals surface area contributed by atoms with Gasteiger partial charge in [-0.1, -0.05) is 18.2 Å². The second-order valence-electron chi connectivity index (χ2n) is 6.25. The number of carbonyl (C=O) groups excluding carboxylic acids is 1. The predicted octanol–water partition coefficient (Wildman–Crippen LogP) is 4.19. The molecule has 0 aliphatic heterocycles. The number of aromatic nitrogens is 3. The van der Waals surface area contributed by atoms with Crippen molar-refractivity contribution >= 4 is 28.6 Å². The molecule has 0 radical (unpaired) electrons. The Labute approximate surface area is 169 Å². The fraction of sp³-hybridized carbons (Fsp3) is 0.150. The Hall–Kier alpha value is -2.84. The Morgan fingerprint density at radius 3 is 2.86 bits per heavy atom. The molecule has 0 aliphatic carbocycles. The molecule has 28 heavy (non-hydrogen) atoms. The van der Waals surface area contributed by atoms with E-state index in [1.807, 2.05) is 29.3 Å². The van der Waals surface area contributed by atoms with E-state index < -0.39 is 6.04 Å². The second kappa shape index (κ2) is 8.04. The third kappa shape index (κ3) is 3.88. The summed E-state index contributed by atoms with van der Waals surface area (Å²) in [5.41, 5.74) is 2.12. The largest absolute Gasteiger partial charge is 0.342 e. The molecule has 4 rings (SSSR count). The summed E-state index contributed by atoms with van der Waals surface area (Å²) in [5, 5.41) is 9.70. The first-order chi connectivity index (χ1) is 13.6. The van der Waals surface area contributed by atoms with Crippen molar-refractivity contribution in [1.29, 1.82) is 0 Å². The van der Waals surface area contributed by atoms with Crippen molar-refractivity contribution < 1.29 is 9.18 Å². The van der Waals surface area contributed by atoms with Gasteiger partial charge in [-0.25, -0.2) is 14.4 Å². The normalized spacial score (nSPS) is 12.1. The van der Waals surface area contributed by atoms with Gasteiger partial charge in [0.2, 0.25) is 5.91 Å². The van der Waals surface area contributed by atoms with Crippen molar-refractivity contribution in [2.45, 2.75) is 12.5 Å². The fourth-order valence-electron chi connectivity index (χ4n) is 2.93. The molecule has 1 atom stereocenters. The van der Waals surface area contributed by atoms with Crippen molar-refractivity contribution in [2.75, 3.05) is 0 Å². The average molecular weight is 413 g/mol. The molecule has 1 amide bonds. The zero-order chi connectivity index (χ0) is 19.5. The number of thiophene rings is 1. The van der Waals surface area contributed by atoms with E-state index >= 15 is 0 Å². The minimum Gasteiger partial charge on any atom is -0.342 e. The van der Waals surface area contributed by atoms with Crippen LogP contribution in [0, 0.1) is 5.82 Å². The van der Waals surface area contributed by atoms with E-state index in [1.54, 1.807) is 46.5 Å². The number of benzene rings is 1. The van der Waals surface area contributed by atoms with Crippen molar-refractivity contribution in [1.82, 2.24) is 19.9 Å². The maximum Gasteiger partial charge on any atom is 0.226 e. The minimum absolute atomic E-state index is 0.121. The van der Waals surface area contributed by atoms with Crippen LogP contribution in [-0.2, 0) is 18.3 Å². The highest BCUT2D eigenvalue weighted by atomic mass is 32.1. The van der Waals surface area contributed by atoms with E-state index in [-0.39, 0.29) is 18.1 Å². The van der Waals surface area contributed by atoms with Gasteiger partial charge in [0, 0.05) is 41.3 Å². The molecule has 0 saturated heterocycles. The van der Waals surface area contributed by atoms with Gasteiger partial charge < -0.3 is 9.88 Å². The van der Waals surface area contributed by atoms with Gasteiger partial charge in [0.15, 0.2) is 0 Å². The lowest BCUT2D eigenvalue weighted by Crippen LogP contribution is -2.32. The number of rotatable bonds is 6. The summed E-state index contributed by atoms with van der Waals surface area (Å²) in [5.74, 6) is -0.0571. The van der Waals surface area contributed by atoms with Crippen LogP contribution in [0.3, 0.4) is 0 Å². The molecule has 1 N–H and O–H groups in total. The number of imidazole rings is 1. The summed E-state index contributed by atoms with van der Waals surface area (Å²) in [4.78, 5) is 21.5. The molecule has 0 bridgehead atoms. The predicted molar refractivity (Wildman–Crippen MR) is 109 cm³/mol. The fourth-order valence-corrected chi connectivity index (χ4v) is 4.46. The molecule has 0 saturated carbocycles. The maximum absolute atomic E-state index is 14.4. The smallest absolute Gasteiger partial charge is 0.226 e. The first-order valence-corrected chi connectivity index (χ1v) is 10.4. The Bertz CT molecular complexity index is 1090. The summed E-state index contributed by atoms with van der Waals surface area (Å²) in [6.07, 6.45) is 3.52. The van der Waals surface area contributed by atoms with Crippen LogP contribution in [0.2, 0.25) is 0 Å². The molecule has 3 heterocycles. The van der Waals surface area contributed by atoms with Crippen LogP contribution in [0.4, 0.5) is 4.39 Å². The minimum atomic E-state index is -0.677. The Morgan fingerprint density at radius 2 is 2.14 bits per heavy atom. The van der Waals surface area contributed by atoms with E-state index in [0.29, 0.717) is 17.1 Å². The highest BCUT2D eigenvalue weighted by Crippen LogP contribution is 2.26. The lowest BCUT2D eigenvalue weighted by Gasteiger charge is -2.19. The molecule has 4 aromatic rings. The van der Waals surface area contributed by atoms with Crippen molar-refractivity contribution in [3.05, 3.63) is 81.8 Å². The number of halogens is 1. The molecule has 142 valence electrons. The van der Waals surface area contributed by atoms with Crippen LogP contribution in [-0.4, -0.2) is 20.4 Å². The maximum atomic E-state index is 14.4. The number of nitrogens with one attached hydrogen (secondary N) is 1. The van der Waals surface area contributed by atoms with Crippen molar-refractivity contribution in [3.8, 4) is 10.6 Å². The Kier molecular flexibility index (Phi) is 5.31. The number of hydrogen-bond acceptors (Lipinski definition) is 5. The van der Waals surface area contributed by atoms with E-state index in [4.69, 9.17) is 0 Å². The van der Waals surface area contributed by atoms with Gasteiger partial charge in [-0.3, -0.25) is 4.79 Å². The van der Waals surface area contributed by atoms with Crippen LogP contribution in [0.15, 0.2) is 58.9 Å². The molecule has 0 aliphatic rings. The molecular weight excluding hydrogens is 395 g/mol. The third-order valence-corrected chi connectivity index (χ3v) is 5.92. The second-order valence-corrected chi connectivity index (χ2v) is 7.89. The molecular formula is C20H17FN4OS2. The summed E-state index contributed by atoms with van der Waals surface area (Å²) in [6, 6.07) is 7.73. The number of carbonyl (C=O) groups is 1. The molecule has 1 unspecified atom stereocenters. The number of aryl methyl sites for hydroxylation is 1. The monoisotopic (exact) mass is 412 g/mol. The number of nitrogens with zero attached hydrogens (tertiary/aromatic N) is 3. The van der Waals surface area contributed by atoms with E-state index in [2.05, 4.69) is 15.3 Å². The van der Waals surface area contributed by atoms with Crippen LogP contribution >= 0.6 is 22.7 Å². The van der Waals surface area contributed by atoms with Crippen LogP contribution < -0.4 is 5.32 Å².